The standard InChI is InChI=1S/C14H23N/c1-5-13(14(2,3)4)15-11-12-9-7-6-8-10-12/h6-10,13,15H,5,11H2,1-4H3. The molecule has 0 radical (unpaired) electrons. The monoisotopic (exact) mass is 205 g/mol. The highest BCUT2D eigenvalue weighted by atomic mass is 14.9. The lowest BCUT2D eigenvalue weighted by molar-refractivity contribution is 0.259. The molecule has 0 saturated heterocycles. The molecule has 1 rings (SSSR count). The normalized spacial score (nSPS) is 13.9. The smallest absolute Gasteiger partial charge is 0.0208 e. The summed E-state index contributed by atoms with van der Waals surface area (Å²) in [6, 6.07) is 11.2. The topological polar surface area (TPSA) is 12.0 Å². The zero-order valence-electron chi connectivity index (χ0n) is 10.4. The summed E-state index contributed by atoms with van der Waals surface area (Å²) in [6.45, 7) is 10.1. The Morgan fingerprint density at radius 2 is 1.73 bits per heavy atom. The molecule has 1 N–H and O–H groups in total. The first-order valence-electron chi connectivity index (χ1n) is 5.81. The molecule has 0 aliphatic heterocycles. The molecular formula is C14H23N. The van der Waals surface area contributed by atoms with Crippen LogP contribution in [0.2, 0.25) is 0 Å². The molecule has 1 aromatic rings. The van der Waals surface area contributed by atoms with Crippen LogP contribution < -0.4 is 5.32 Å². The third kappa shape index (κ3) is 4.05. The molecule has 0 spiro atoms. The van der Waals surface area contributed by atoms with Crippen molar-refractivity contribution < 1.29 is 0 Å². The molecule has 0 heterocycles. The largest absolute Gasteiger partial charge is 0.309 e. The van der Waals surface area contributed by atoms with Gasteiger partial charge in [-0.3, -0.25) is 0 Å². The van der Waals surface area contributed by atoms with E-state index < -0.39 is 0 Å². The highest BCUT2D eigenvalue weighted by Gasteiger charge is 2.21. The maximum absolute atomic E-state index is 3.63. The Morgan fingerprint density at radius 1 is 1.13 bits per heavy atom. The van der Waals surface area contributed by atoms with Crippen molar-refractivity contribution in [1.29, 1.82) is 0 Å². The summed E-state index contributed by atoms with van der Waals surface area (Å²) < 4.78 is 0. The Hall–Kier alpha value is -0.820. The lowest BCUT2D eigenvalue weighted by Gasteiger charge is -2.30. The third-order valence-corrected chi connectivity index (χ3v) is 2.85. The van der Waals surface area contributed by atoms with Crippen LogP contribution in [0.5, 0.6) is 0 Å². The van der Waals surface area contributed by atoms with E-state index in [0.717, 1.165) is 6.54 Å². The van der Waals surface area contributed by atoms with Crippen LogP contribution in [0.25, 0.3) is 0 Å². The van der Waals surface area contributed by atoms with Crippen molar-refractivity contribution in [1.82, 2.24) is 5.32 Å². The van der Waals surface area contributed by atoms with Crippen molar-refractivity contribution in [3.8, 4) is 0 Å². The van der Waals surface area contributed by atoms with Gasteiger partial charge in [-0.1, -0.05) is 58.0 Å². The van der Waals surface area contributed by atoms with Gasteiger partial charge in [-0.2, -0.15) is 0 Å². The molecular weight excluding hydrogens is 182 g/mol. The summed E-state index contributed by atoms with van der Waals surface area (Å²) >= 11 is 0. The summed E-state index contributed by atoms with van der Waals surface area (Å²) in [5.74, 6) is 0. The van der Waals surface area contributed by atoms with Crippen molar-refractivity contribution >= 4 is 0 Å². The Bertz CT molecular complexity index is 271. The van der Waals surface area contributed by atoms with E-state index in [2.05, 4.69) is 63.3 Å². The van der Waals surface area contributed by atoms with Crippen LogP contribution in [0.4, 0.5) is 0 Å². The van der Waals surface area contributed by atoms with Crippen LogP contribution in [-0.2, 0) is 6.54 Å². The van der Waals surface area contributed by atoms with Crippen LogP contribution in [-0.4, -0.2) is 6.04 Å². The van der Waals surface area contributed by atoms with Crippen molar-refractivity contribution in [3.05, 3.63) is 35.9 Å². The Kier molecular flexibility index (Phi) is 4.34. The van der Waals surface area contributed by atoms with E-state index in [1.165, 1.54) is 12.0 Å². The van der Waals surface area contributed by atoms with Crippen molar-refractivity contribution in [2.45, 2.75) is 46.7 Å². The first-order chi connectivity index (χ1) is 7.04. The Balaban J connectivity index is 2.49. The Labute approximate surface area is 93.9 Å². The fourth-order valence-corrected chi connectivity index (χ4v) is 1.90. The van der Waals surface area contributed by atoms with E-state index in [1.807, 2.05) is 0 Å². The fraction of sp³-hybridized carbons (Fsp3) is 0.571. The molecule has 0 aliphatic rings. The molecule has 1 unspecified atom stereocenters. The van der Waals surface area contributed by atoms with E-state index in [1.54, 1.807) is 0 Å². The quantitative estimate of drug-likeness (QED) is 0.792. The molecule has 15 heavy (non-hydrogen) atoms. The zero-order valence-corrected chi connectivity index (χ0v) is 10.4. The SMILES string of the molecule is CCC(NCc1ccccc1)C(C)(C)C. The van der Waals surface area contributed by atoms with E-state index in [-0.39, 0.29) is 0 Å². The summed E-state index contributed by atoms with van der Waals surface area (Å²) in [4.78, 5) is 0. The minimum atomic E-state index is 0.337. The molecule has 0 fully saturated rings. The van der Waals surface area contributed by atoms with Crippen molar-refractivity contribution in [2.24, 2.45) is 5.41 Å². The first kappa shape index (κ1) is 12.3. The predicted molar refractivity (Wildman–Crippen MR) is 66.8 cm³/mol. The van der Waals surface area contributed by atoms with E-state index in [0.29, 0.717) is 11.5 Å². The van der Waals surface area contributed by atoms with Gasteiger partial charge in [-0.15, -0.1) is 0 Å². The highest BCUT2D eigenvalue weighted by Crippen LogP contribution is 2.21. The van der Waals surface area contributed by atoms with Gasteiger partial charge in [0.1, 0.15) is 0 Å². The lowest BCUT2D eigenvalue weighted by Crippen LogP contribution is -2.39. The molecule has 84 valence electrons. The number of rotatable bonds is 4. The van der Waals surface area contributed by atoms with Crippen LogP contribution in [0, 0.1) is 5.41 Å². The van der Waals surface area contributed by atoms with Gasteiger partial charge in [0.05, 0.1) is 0 Å². The minimum Gasteiger partial charge on any atom is -0.309 e. The minimum absolute atomic E-state index is 0.337. The van der Waals surface area contributed by atoms with E-state index >= 15 is 0 Å². The first-order valence-corrected chi connectivity index (χ1v) is 5.81. The molecule has 1 nitrogen and oxygen atoms in total. The molecule has 1 atom stereocenters. The van der Waals surface area contributed by atoms with Gasteiger partial charge < -0.3 is 5.32 Å². The van der Waals surface area contributed by atoms with Crippen LogP contribution in [0.3, 0.4) is 0 Å². The van der Waals surface area contributed by atoms with Gasteiger partial charge >= 0.3 is 0 Å². The highest BCUT2D eigenvalue weighted by molar-refractivity contribution is 5.14. The van der Waals surface area contributed by atoms with Crippen molar-refractivity contribution in [3.63, 3.8) is 0 Å². The summed E-state index contributed by atoms with van der Waals surface area (Å²) in [7, 11) is 0. The maximum Gasteiger partial charge on any atom is 0.0208 e. The van der Waals surface area contributed by atoms with Crippen LogP contribution >= 0.6 is 0 Å². The van der Waals surface area contributed by atoms with Crippen LogP contribution in [0.1, 0.15) is 39.7 Å². The van der Waals surface area contributed by atoms with Gasteiger partial charge in [0.15, 0.2) is 0 Å². The summed E-state index contributed by atoms with van der Waals surface area (Å²) in [5.41, 5.74) is 1.70. The molecule has 0 bridgehead atoms. The number of benzene rings is 1. The second kappa shape index (κ2) is 5.32. The second-order valence-electron chi connectivity index (χ2n) is 5.19. The molecule has 0 saturated carbocycles. The molecule has 0 amide bonds. The maximum atomic E-state index is 3.63. The summed E-state index contributed by atoms with van der Waals surface area (Å²) in [6.07, 6.45) is 1.18. The van der Waals surface area contributed by atoms with Gasteiger partial charge in [0, 0.05) is 12.6 Å². The third-order valence-electron chi connectivity index (χ3n) is 2.85. The van der Waals surface area contributed by atoms with Crippen molar-refractivity contribution in [2.75, 3.05) is 0 Å². The van der Waals surface area contributed by atoms with Crippen LogP contribution in [0.15, 0.2) is 30.3 Å². The number of nitrogens with one attached hydrogen (secondary N) is 1. The zero-order chi connectivity index (χ0) is 11.3. The average molecular weight is 205 g/mol. The van der Waals surface area contributed by atoms with Gasteiger partial charge in [-0.25, -0.2) is 0 Å². The second-order valence-corrected chi connectivity index (χ2v) is 5.19. The lowest BCUT2D eigenvalue weighted by atomic mass is 9.85. The van der Waals surface area contributed by atoms with Gasteiger partial charge in [-0.05, 0) is 17.4 Å². The average Bonchev–Trinajstić information content (AvgIpc) is 2.18. The molecule has 0 aromatic heterocycles. The number of hydrogen-bond acceptors (Lipinski definition) is 1. The fourth-order valence-electron chi connectivity index (χ4n) is 1.90. The van der Waals surface area contributed by atoms with Gasteiger partial charge in [0.2, 0.25) is 0 Å². The van der Waals surface area contributed by atoms with E-state index in [4.69, 9.17) is 0 Å². The predicted octanol–water partition coefficient (Wildman–Crippen LogP) is 3.60. The number of hydrogen-bond donors (Lipinski definition) is 1. The molecule has 1 heteroatoms. The van der Waals surface area contributed by atoms with E-state index in [9.17, 15) is 0 Å². The molecule has 0 aliphatic carbocycles. The summed E-state index contributed by atoms with van der Waals surface area (Å²) in [5, 5.41) is 3.63. The molecule has 1 aromatic carbocycles. The van der Waals surface area contributed by atoms with Gasteiger partial charge in [0.25, 0.3) is 0 Å². The Morgan fingerprint density at radius 3 is 2.20 bits per heavy atom.